The minimum absolute atomic E-state index is 0.0125. The van der Waals surface area contributed by atoms with Gasteiger partial charge in [-0.3, -0.25) is 9.59 Å². The molecule has 2 N–H and O–H groups in total. The maximum atomic E-state index is 13.0. The standard InChI is InChI=1S/C13H16FN3O2/c1-9-13(19)17(6-5-15-9)8-12(18)16-11-4-2-3-10(14)7-11/h2-4,7,9,15H,5-6,8H2,1H3,(H,16,18). The highest BCUT2D eigenvalue weighted by Gasteiger charge is 2.25. The van der Waals surface area contributed by atoms with Gasteiger partial charge < -0.3 is 15.5 Å². The first kappa shape index (κ1) is 13.5. The van der Waals surface area contributed by atoms with E-state index in [4.69, 9.17) is 0 Å². The summed E-state index contributed by atoms with van der Waals surface area (Å²) in [6, 6.07) is 5.39. The smallest absolute Gasteiger partial charge is 0.243 e. The summed E-state index contributed by atoms with van der Waals surface area (Å²) in [7, 11) is 0. The Morgan fingerprint density at radius 3 is 3.11 bits per heavy atom. The molecule has 19 heavy (non-hydrogen) atoms. The van der Waals surface area contributed by atoms with Crippen molar-refractivity contribution in [2.75, 3.05) is 25.0 Å². The van der Waals surface area contributed by atoms with E-state index in [1.54, 1.807) is 13.0 Å². The van der Waals surface area contributed by atoms with Crippen molar-refractivity contribution < 1.29 is 14.0 Å². The largest absolute Gasteiger partial charge is 0.331 e. The van der Waals surface area contributed by atoms with Gasteiger partial charge in [0, 0.05) is 18.8 Å². The summed E-state index contributed by atoms with van der Waals surface area (Å²) in [5.74, 6) is -0.835. The van der Waals surface area contributed by atoms with Crippen LogP contribution in [-0.2, 0) is 9.59 Å². The minimum Gasteiger partial charge on any atom is -0.331 e. The summed E-state index contributed by atoms with van der Waals surface area (Å²) >= 11 is 0. The van der Waals surface area contributed by atoms with E-state index in [2.05, 4.69) is 10.6 Å². The average Bonchev–Trinajstić information content (AvgIpc) is 2.35. The molecule has 2 rings (SSSR count). The Bertz CT molecular complexity index is 493. The summed E-state index contributed by atoms with van der Waals surface area (Å²) in [4.78, 5) is 25.1. The molecule has 1 aliphatic heterocycles. The minimum atomic E-state index is -0.412. The zero-order valence-corrected chi connectivity index (χ0v) is 10.6. The van der Waals surface area contributed by atoms with Gasteiger partial charge in [-0.2, -0.15) is 0 Å². The van der Waals surface area contributed by atoms with Crippen LogP contribution in [0.25, 0.3) is 0 Å². The van der Waals surface area contributed by atoms with E-state index in [1.807, 2.05) is 0 Å². The number of hydrogen-bond donors (Lipinski definition) is 2. The number of halogens is 1. The molecular weight excluding hydrogens is 249 g/mol. The number of rotatable bonds is 3. The molecule has 102 valence electrons. The molecule has 0 bridgehead atoms. The lowest BCUT2D eigenvalue weighted by molar-refractivity contribution is -0.138. The number of amides is 2. The summed E-state index contributed by atoms with van der Waals surface area (Å²) < 4.78 is 13.0. The van der Waals surface area contributed by atoms with Crippen molar-refractivity contribution in [1.82, 2.24) is 10.2 Å². The van der Waals surface area contributed by atoms with Crippen molar-refractivity contribution in [1.29, 1.82) is 0 Å². The molecule has 0 spiro atoms. The van der Waals surface area contributed by atoms with Gasteiger partial charge in [-0.1, -0.05) is 6.07 Å². The number of carbonyl (C=O) groups excluding carboxylic acids is 2. The van der Waals surface area contributed by atoms with Gasteiger partial charge in [-0.15, -0.1) is 0 Å². The molecule has 1 aromatic rings. The van der Waals surface area contributed by atoms with Crippen LogP contribution in [-0.4, -0.2) is 42.4 Å². The Balaban J connectivity index is 1.92. The Morgan fingerprint density at radius 1 is 1.58 bits per heavy atom. The van der Waals surface area contributed by atoms with Crippen molar-refractivity contribution >= 4 is 17.5 Å². The van der Waals surface area contributed by atoms with Crippen molar-refractivity contribution in [2.24, 2.45) is 0 Å². The number of benzene rings is 1. The Kier molecular flexibility index (Phi) is 4.11. The highest BCUT2D eigenvalue weighted by molar-refractivity contribution is 5.95. The molecule has 1 aliphatic rings. The van der Waals surface area contributed by atoms with Crippen LogP contribution in [0.3, 0.4) is 0 Å². The number of carbonyl (C=O) groups is 2. The predicted molar refractivity (Wildman–Crippen MR) is 69.1 cm³/mol. The Labute approximate surface area is 110 Å². The molecule has 1 unspecified atom stereocenters. The lowest BCUT2D eigenvalue weighted by atomic mass is 10.2. The van der Waals surface area contributed by atoms with Crippen LogP contribution in [0.2, 0.25) is 0 Å². The zero-order chi connectivity index (χ0) is 13.8. The van der Waals surface area contributed by atoms with Gasteiger partial charge in [0.05, 0.1) is 12.6 Å². The average molecular weight is 265 g/mol. The zero-order valence-electron chi connectivity index (χ0n) is 10.6. The molecule has 1 atom stereocenters. The maximum absolute atomic E-state index is 13.0. The molecule has 0 radical (unpaired) electrons. The van der Waals surface area contributed by atoms with Gasteiger partial charge in [0.25, 0.3) is 0 Å². The lowest BCUT2D eigenvalue weighted by Gasteiger charge is -2.30. The number of anilines is 1. The third kappa shape index (κ3) is 3.51. The van der Waals surface area contributed by atoms with Crippen LogP contribution in [0.15, 0.2) is 24.3 Å². The molecule has 1 aromatic carbocycles. The highest BCUT2D eigenvalue weighted by Crippen LogP contribution is 2.09. The molecule has 0 saturated carbocycles. The van der Waals surface area contributed by atoms with E-state index in [0.717, 1.165) is 0 Å². The van der Waals surface area contributed by atoms with Gasteiger partial charge in [0.15, 0.2) is 0 Å². The summed E-state index contributed by atoms with van der Waals surface area (Å²) in [5, 5.41) is 5.59. The van der Waals surface area contributed by atoms with E-state index in [1.165, 1.54) is 23.1 Å². The van der Waals surface area contributed by atoms with Gasteiger partial charge in [-0.25, -0.2) is 4.39 Å². The second kappa shape index (κ2) is 5.79. The maximum Gasteiger partial charge on any atom is 0.243 e. The van der Waals surface area contributed by atoms with Crippen molar-refractivity contribution in [3.8, 4) is 0 Å². The first-order chi connectivity index (χ1) is 9.06. The molecule has 1 heterocycles. The first-order valence-corrected chi connectivity index (χ1v) is 6.14. The van der Waals surface area contributed by atoms with Crippen LogP contribution in [0.1, 0.15) is 6.92 Å². The van der Waals surface area contributed by atoms with E-state index in [9.17, 15) is 14.0 Å². The summed E-state index contributed by atoms with van der Waals surface area (Å²) in [6.45, 7) is 2.92. The second-order valence-electron chi connectivity index (χ2n) is 4.49. The Hall–Kier alpha value is -1.95. The molecule has 0 aliphatic carbocycles. The van der Waals surface area contributed by atoms with Crippen molar-refractivity contribution in [2.45, 2.75) is 13.0 Å². The molecule has 1 fully saturated rings. The third-order valence-corrected chi connectivity index (χ3v) is 2.96. The summed E-state index contributed by atoms with van der Waals surface area (Å²) in [5.41, 5.74) is 0.389. The molecule has 2 amide bonds. The molecular formula is C13H16FN3O2. The normalized spacial score (nSPS) is 19.4. The fraction of sp³-hybridized carbons (Fsp3) is 0.385. The van der Waals surface area contributed by atoms with Crippen LogP contribution >= 0.6 is 0 Å². The lowest BCUT2D eigenvalue weighted by Crippen LogP contribution is -2.55. The fourth-order valence-corrected chi connectivity index (χ4v) is 1.98. The van der Waals surface area contributed by atoms with Crippen molar-refractivity contribution in [3.05, 3.63) is 30.1 Å². The third-order valence-electron chi connectivity index (χ3n) is 2.96. The predicted octanol–water partition coefficient (Wildman–Crippen LogP) is 0.584. The first-order valence-electron chi connectivity index (χ1n) is 6.14. The topological polar surface area (TPSA) is 61.4 Å². The number of nitrogens with one attached hydrogen (secondary N) is 2. The van der Waals surface area contributed by atoms with E-state index >= 15 is 0 Å². The molecule has 1 saturated heterocycles. The summed E-state index contributed by atoms with van der Waals surface area (Å²) in [6.07, 6.45) is 0. The number of hydrogen-bond acceptors (Lipinski definition) is 3. The fourth-order valence-electron chi connectivity index (χ4n) is 1.98. The van der Waals surface area contributed by atoms with E-state index < -0.39 is 5.82 Å². The monoisotopic (exact) mass is 265 g/mol. The van der Waals surface area contributed by atoms with E-state index in [0.29, 0.717) is 18.8 Å². The van der Waals surface area contributed by atoms with Gasteiger partial charge in [-0.05, 0) is 25.1 Å². The van der Waals surface area contributed by atoms with Crippen LogP contribution in [0.4, 0.5) is 10.1 Å². The number of piperazine rings is 1. The van der Waals surface area contributed by atoms with Gasteiger partial charge in [0.1, 0.15) is 5.82 Å². The molecule has 6 heteroatoms. The van der Waals surface area contributed by atoms with Crippen LogP contribution in [0, 0.1) is 5.82 Å². The van der Waals surface area contributed by atoms with E-state index in [-0.39, 0.29) is 24.4 Å². The molecule has 5 nitrogen and oxygen atoms in total. The SMILES string of the molecule is CC1NCCN(CC(=O)Nc2cccc(F)c2)C1=O. The molecule has 0 aromatic heterocycles. The van der Waals surface area contributed by atoms with Gasteiger partial charge >= 0.3 is 0 Å². The number of nitrogens with zero attached hydrogens (tertiary/aromatic N) is 1. The Morgan fingerprint density at radius 2 is 2.37 bits per heavy atom. The van der Waals surface area contributed by atoms with Crippen molar-refractivity contribution in [3.63, 3.8) is 0 Å². The van der Waals surface area contributed by atoms with Gasteiger partial charge in [0.2, 0.25) is 11.8 Å². The van der Waals surface area contributed by atoms with Crippen LogP contribution < -0.4 is 10.6 Å². The highest BCUT2D eigenvalue weighted by atomic mass is 19.1. The second-order valence-corrected chi connectivity index (χ2v) is 4.49. The van der Waals surface area contributed by atoms with Crippen LogP contribution in [0.5, 0.6) is 0 Å². The quantitative estimate of drug-likeness (QED) is 0.840.